The Morgan fingerprint density at radius 3 is 2.65 bits per heavy atom. The van der Waals surface area contributed by atoms with E-state index in [9.17, 15) is 10.1 Å². The molecule has 1 heterocycles. The summed E-state index contributed by atoms with van der Waals surface area (Å²) in [6.07, 6.45) is 0. The van der Waals surface area contributed by atoms with Crippen LogP contribution in [0.5, 0.6) is 5.88 Å². The Bertz CT molecular complexity index is 619. The molecule has 0 unspecified atom stereocenters. The molecule has 0 saturated carbocycles. The number of benzene rings is 1. The molecule has 0 fully saturated rings. The molecule has 2 rings (SSSR count). The molecule has 1 aromatic carbocycles. The molecule has 8 heteroatoms. The summed E-state index contributed by atoms with van der Waals surface area (Å²) in [6.45, 7) is 0.255. The van der Waals surface area contributed by atoms with Crippen molar-refractivity contribution in [2.45, 2.75) is 6.61 Å². The number of hydrazine groups is 1. The van der Waals surface area contributed by atoms with Gasteiger partial charge in [0.2, 0.25) is 5.88 Å². The first-order valence-corrected chi connectivity index (χ1v) is 6.38. The van der Waals surface area contributed by atoms with Gasteiger partial charge in [0.05, 0.1) is 17.1 Å². The normalized spacial score (nSPS) is 10.1. The van der Waals surface area contributed by atoms with Crippen molar-refractivity contribution in [3.8, 4) is 5.88 Å². The highest BCUT2D eigenvalue weighted by atomic mass is 79.9. The molecule has 20 heavy (non-hydrogen) atoms. The largest absolute Gasteiger partial charge is 0.473 e. The Morgan fingerprint density at radius 2 is 2.05 bits per heavy atom. The van der Waals surface area contributed by atoms with Crippen LogP contribution in [-0.4, -0.2) is 9.91 Å². The number of ether oxygens (including phenoxy) is 1. The van der Waals surface area contributed by atoms with Crippen molar-refractivity contribution < 1.29 is 9.66 Å². The number of halogens is 1. The minimum atomic E-state index is -0.533. The van der Waals surface area contributed by atoms with Gasteiger partial charge >= 0.3 is 0 Å². The van der Waals surface area contributed by atoms with Crippen LogP contribution in [0.1, 0.15) is 5.56 Å². The zero-order chi connectivity index (χ0) is 14.5. The third-order valence-electron chi connectivity index (χ3n) is 2.45. The van der Waals surface area contributed by atoms with E-state index in [1.54, 1.807) is 0 Å². The first-order valence-electron chi connectivity index (χ1n) is 5.59. The molecular weight excluding hydrogens is 328 g/mol. The maximum Gasteiger partial charge on any atom is 0.278 e. The minimum absolute atomic E-state index is 0.134. The fraction of sp³-hybridized carbons (Fsp3) is 0.0833. The predicted molar refractivity (Wildman–Crippen MR) is 77.2 cm³/mol. The summed E-state index contributed by atoms with van der Waals surface area (Å²) < 4.78 is 6.40. The lowest BCUT2D eigenvalue weighted by Crippen LogP contribution is -2.10. The van der Waals surface area contributed by atoms with Crippen LogP contribution in [-0.2, 0) is 6.61 Å². The van der Waals surface area contributed by atoms with E-state index in [0.29, 0.717) is 0 Å². The van der Waals surface area contributed by atoms with Gasteiger partial charge in [0.1, 0.15) is 6.61 Å². The second kappa shape index (κ2) is 6.31. The molecule has 0 bridgehead atoms. The zero-order valence-electron chi connectivity index (χ0n) is 10.2. The van der Waals surface area contributed by atoms with Gasteiger partial charge in [-0.2, -0.15) is 4.98 Å². The van der Waals surface area contributed by atoms with E-state index in [-0.39, 0.29) is 24.0 Å². The van der Waals surface area contributed by atoms with Crippen molar-refractivity contribution in [2.75, 3.05) is 5.43 Å². The summed E-state index contributed by atoms with van der Waals surface area (Å²) in [5.74, 6) is 5.52. The number of nitrogen functional groups attached to an aromatic ring is 1. The van der Waals surface area contributed by atoms with Crippen molar-refractivity contribution in [1.82, 2.24) is 4.98 Å². The van der Waals surface area contributed by atoms with Gasteiger partial charge in [0, 0.05) is 4.47 Å². The molecule has 0 radical (unpaired) electrons. The van der Waals surface area contributed by atoms with Gasteiger partial charge in [-0.15, -0.1) is 0 Å². The van der Waals surface area contributed by atoms with E-state index in [2.05, 4.69) is 26.3 Å². The van der Waals surface area contributed by atoms with Gasteiger partial charge in [-0.1, -0.05) is 28.1 Å². The summed E-state index contributed by atoms with van der Waals surface area (Å²) in [5, 5.41) is 10.8. The number of pyridine rings is 1. The number of nitrogens with one attached hydrogen (secondary N) is 1. The number of hydrogen-bond acceptors (Lipinski definition) is 6. The first-order chi connectivity index (χ1) is 9.58. The number of rotatable bonds is 5. The summed E-state index contributed by atoms with van der Waals surface area (Å²) >= 11 is 3.34. The van der Waals surface area contributed by atoms with E-state index < -0.39 is 4.92 Å². The lowest BCUT2D eigenvalue weighted by Gasteiger charge is -2.07. The molecule has 0 aliphatic carbocycles. The number of aromatic nitrogens is 1. The van der Waals surface area contributed by atoms with Gasteiger partial charge in [-0.25, -0.2) is 5.84 Å². The zero-order valence-corrected chi connectivity index (χ0v) is 11.8. The Balaban J connectivity index is 2.14. The standard InChI is InChI=1S/C12H11BrN4O3/c13-9-3-1-8(2-4-9)7-20-12-6-10(17(18)19)5-11(15-12)16-14/h1-6H,7,14H2,(H,15,16). The van der Waals surface area contributed by atoms with Crippen molar-refractivity contribution in [3.05, 3.63) is 56.5 Å². The van der Waals surface area contributed by atoms with Crippen LogP contribution in [0.4, 0.5) is 11.5 Å². The van der Waals surface area contributed by atoms with Crippen LogP contribution >= 0.6 is 15.9 Å². The number of hydrogen-bond donors (Lipinski definition) is 2. The molecule has 104 valence electrons. The molecule has 0 atom stereocenters. The number of anilines is 1. The molecular formula is C12H11BrN4O3. The highest BCUT2D eigenvalue weighted by Gasteiger charge is 2.11. The average Bonchev–Trinajstić information content (AvgIpc) is 2.46. The van der Waals surface area contributed by atoms with Crippen LogP contribution in [0.15, 0.2) is 40.9 Å². The van der Waals surface area contributed by atoms with Crippen LogP contribution in [0.3, 0.4) is 0 Å². The first kappa shape index (κ1) is 14.2. The number of nitro groups is 1. The molecule has 0 spiro atoms. The molecule has 1 aromatic heterocycles. The van der Waals surface area contributed by atoms with Crippen molar-refractivity contribution in [1.29, 1.82) is 0 Å². The molecule has 2 aromatic rings. The highest BCUT2D eigenvalue weighted by molar-refractivity contribution is 9.10. The van der Waals surface area contributed by atoms with E-state index >= 15 is 0 Å². The Labute approximate surface area is 123 Å². The monoisotopic (exact) mass is 338 g/mol. The van der Waals surface area contributed by atoms with Gasteiger partial charge in [0.15, 0.2) is 5.82 Å². The fourth-order valence-corrected chi connectivity index (χ4v) is 1.75. The van der Waals surface area contributed by atoms with Crippen LogP contribution < -0.4 is 16.0 Å². The van der Waals surface area contributed by atoms with Gasteiger partial charge < -0.3 is 10.2 Å². The van der Waals surface area contributed by atoms with Gasteiger partial charge in [0.25, 0.3) is 5.69 Å². The maximum absolute atomic E-state index is 10.8. The van der Waals surface area contributed by atoms with E-state index in [0.717, 1.165) is 10.0 Å². The van der Waals surface area contributed by atoms with Crippen molar-refractivity contribution >= 4 is 27.4 Å². The Morgan fingerprint density at radius 1 is 1.35 bits per heavy atom. The number of nitrogens with zero attached hydrogens (tertiary/aromatic N) is 2. The predicted octanol–water partition coefficient (Wildman–Crippen LogP) is 2.62. The molecule has 0 saturated heterocycles. The van der Waals surface area contributed by atoms with Gasteiger partial charge in [-0.3, -0.25) is 10.1 Å². The molecule has 3 N–H and O–H groups in total. The van der Waals surface area contributed by atoms with Crippen LogP contribution in [0, 0.1) is 10.1 Å². The molecule has 7 nitrogen and oxygen atoms in total. The SMILES string of the molecule is NNc1cc([N+](=O)[O-])cc(OCc2ccc(Br)cc2)n1. The minimum Gasteiger partial charge on any atom is -0.473 e. The smallest absolute Gasteiger partial charge is 0.278 e. The molecule has 0 amide bonds. The summed E-state index contributed by atoms with van der Waals surface area (Å²) in [6, 6.07) is 10.00. The Kier molecular flexibility index (Phi) is 4.49. The lowest BCUT2D eigenvalue weighted by atomic mass is 10.2. The molecule has 0 aliphatic heterocycles. The van der Waals surface area contributed by atoms with E-state index in [1.807, 2.05) is 24.3 Å². The van der Waals surface area contributed by atoms with Crippen LogP contribution in [0.2, 0.25) is 0 Å². The average molecular weight is 339 g/mol. The third kappa shape index (κ3) is 3.65. The van der Waals surface area contributed by atoms with E-state index in [4.69, 9.17) is 10.6 Å². The fourth-order valence-electron chi connectivity index (χ4n) is 1.48. The van der Waals surface area contributed by atoms with E-state index in [1.165, 1.54) is 12.1 Å². The number of nitrogens with two attached hydrogens (primary N) is 1. The summed E-state index contributed by atoms with van der Waals surface area (Å²) in [7, 11) is 0. The summed E-state index contributed by atoms with van der Waals surface area (Å²) in [4.78, 5) is 14.2. The van der Waals surface area contributed by atoms with Crippen molar-refractivity contribution in [3.63, 3.8) is 0 Å². The van der Waals surface area contributed by atoms with Crippen molar-refractivity contribution in [2.24, 2.45) is 5.84 Å². The second-order valence-corrected chi connectivity index (χ2v) is 4.78. The molecule has 0 aliphatic rings. The topological polar surface area (TPSA) is 103 Å². The van der Waals surface area contributed by atoms with Gasteiger partial charge in [-0.05, 0) is 17.7 Å². The highest BCUT2D eigenvalue weighted by Crippen LogP contribution is 2.22. The van der Waals surface area contributed by atoms with Crippen LogP contribution in [0.25, 0.3) is 0 Å². The lowest BCUT2D eigenvalue weighted by molar-refractivity contribution is -0.384. The quantitative estimate of drug-likeness (QED) is 0.493. The maximum atomic E-state index is 10.8. The summed E-state index contributed by atoms with van der Waals surface area (Å²) in [5.41, 5.74) is 3.05. The second-order valence-electron chi connectivity index (χ2n) is 3.87. The Hall–Kier alpha value is -2.19. The third-order valence-corrected chi connectivity index (χ3v) is 2.97.